The number of benzene rings is 1. The van der Waals surface area contributed by atoms with Gasteiger partial charge in [0.1, 0.15) is 0 Å². The molecule has 0 N–H and O–H groups in total. The van der Waals surface area contributed by atoms with Gasteiger partial charge in [0.2, 0.25) is 0 Å². The lowest BCUT2D eigenvalue weighted by molar-refractivity contribution is 0.995. The summed E-state index contributed by atoms with van der Waals surface area (Å²) in [5, 5.41) is 1.98. The van der Waals surface area contributed by atoms with E-state index in [4.69, 9.17) is 0 Å². The second-order valence-electron chi connectivity index (χ2n) is 3.91. The van der Waals surface area contributed by atoms with Crippen molar-refractivity contribution in [3.63, 3.8) is 0 Å². The van der Waals surface area contributed by atoms with Crippen LogP contribution in [-0.4, -0.2) is 4.57 Å². The van der Waals surface area contributed by atoms with Gasteiger partial charge in [-0.15, -0.1) is 11.3 Å². The number of rotatable bonds is 2. The number of aromatic nitrogens is 1. The molecule has 0 aliphatic rings. The fourth-order valence-corrected chi connectivity index (χ4v) is 2.65. The Bertz CT molecular complexity index is 699. The lowest BCUT2D eigenvalue weighted by atomic mass is 10.2. The number of nitrogens with zero attached hydrogens (tertiary/aromatic N) is 1. The second-order valence-corrected chi connectivity index (χ2v) is 4.86. The van der Waals surface area contributed by atoms with Crippen molar-refractivity contribution in [2.24, 2.45) is 0 Å². The summed E-state index contributed by atoms with van der Waals surface area (Å²) >= 11 is 1.58. The molecule has 3 heteroatoms. The molecule has 0 saturated carbocycles. The summed E-state index contributed by atoms with van der Waals surface area (Å²) in [6, 6.07) is 17.4. The van der Waals surface area contributed by atoms with Crippen LogP contribution >= 0.6 is 11.3 Å². The molecule has 1 aromatic carbocycles. The second kappa shape index (κ2) is 4.63. The molecule has 18 heavy (non-hydrogen) atoms. The van der Waals surface area contributed by atoms with Gasteiger partial charge in [0.15, 0.2) is 0 Å². The van der Waals surface area contributed by atoms with Gasteiger partial charge in [-0.05, 0) is 35.7 Å². The maximum absolute atomic E-state index is 12.4. The number of para-hydroxylation sites is 1. The van der Waals surface area contributed by atoms with Crippen molar-refractivity contribution in [3.8, 4) is 16.1 Å². The van der Waals surface area contributed by atoms with E-state index in [1.807, 2.05) is 60.0 Å². The summed E-state index contributed by atoms with van der Waals surface area (Å²) in [7, 11) is 0. The highest BCUT2D eigenvalue weighted by Crippen LogP contribution is 2.21. The molecule has 0 bridgehead atoms. The standard InChI is InChI=1S/C15H11NOS/c17-15-13(14-9-5-11-18-14)8-4-10-16(15)12-6-2-1-3-7-12/h1-11H. The van der Waals surface area contributed by atoms with Crippen molar-refractivity contribution in [3.05, 3.63) is 76.5 Å². The highest BCUT2D eigenvalue weighted by Gasteiger charge is 2.07. The lowest BCUT2D eigenvalue weighted by Crippen LogP contribution is -2.18. The average molecular weight is 253 g/mol. The van der Waals surface area contributed by atoms with Gasteiger partial charge in [0, 0.05) is 16.8 Å². The maximum atomic E-state index is 12.4. The average Bonchev–Trinajstić information content (AvgIpc) is 2.94. The van der Waals surface area contributed by atoms with Crippen LogP contribution in [0.1, 0.15) is 0 Å². The van der Waals surface area contributed by atoms with Crippen LogP contribution < -0.4 is 5.56 Å². The van der Waals surface area contributed by atoms with Crippen molar-refractivity contribution >= 4 is 11.3 Å². The summed E-state index contributed by atoms with van der Waals surface area (Å²) in [4.78, 5) is 13.4. The Morgan fingerprint density at radius 3 is 2.44 bits per heavy atom. The molecule has 2 aromatic heterocycles. The van der Waals surface area contributed by atoms with Crippen LogP contribution in [0.5, 0.6) is 0 Å². The van der Waals surface area contributed by atoms with E-state index in [1.54, 1.807) is 22.1 Å². The summed E-state index contributed by atoms with van der Waals surface area (Å²) in [6.45, 7) is 0. The van der Waals surface area contributed by atoms with Gasteiger partial charge >= 0.3 is 0 Å². The van der Waals surface area contributed by atoms with Crippen molar-refractivity contribution in [2.45, 2.75) is 0 Å². The largest absolute Gasteiger partial charge is 0.284 e. The van der Waals surface area contributed by atoms with Crippen LogP contribution in [0.15, 0.2) is 71.0 Å². The number of thiophene rings is 1. The molecule has 0 spiro atoms. The quantitative estimate of drug-likeness (QED) is 0.684. The SMILES string of the molecule is O=c1c(-c2cccs2)cccn1-c1ccccc1. The normalized spacial score (nSPS) is 10.4. The van der Waals surface area contributed by atoms with Gasteiger partial charge in [-0.3, -0.25) is 9.36 Å². The van der Waals surface area contributed by atoms with E-state index < -0.39 is 0 Å². The Labute approximate surface area is 109 Å². The predicted octanol–water partition coefficient (Wildman–Crippen LogP) is 3.57. The van der Waals surface area contributed by atoms with E-state index >= 15 is 0 Å². The molecule has 0 fully saturated rings. The van der Waals surface area contributed by atoms with Crippen LogP contribution in [0.3, 0.4) is 0 Å². The van der Waals surface area contributed by atoms with Crippen LogP contribution in [0, 0.1) is 0 Å². The smallest absolute Gasteiger partial charge is 0.263 e. The number of pyridine rings is 1. The highest BCUT2D eigenvalue weighted by molar-refractivity contribution is 7.13. The molecule has 0 aliphatic heterocycles. The first-order valence-electron chi connectivity index (χ1n) is 5.67. The van der Waals surface area contributed by atoms with Gasteiger partial charge in [-0.2, -0.15) is 0 Å². The first-order chi connectivity index (χ1) is 8.86. The van der Waals surface area contributed by atoms with E-state index in [-0.39, 0.29) is 5.56 Å². The zero-order valence-electron chi connectivity index (χ0n) is 9.61. The Morgan fingerprint density at radius 1 is 0.889 bits per heavy atom. The fourth-order valence-electron chi connectivity index (χ4n) is 1.91. The van der Waals surface area contributed by atoms with Gasteiger partial charge in [0.25, 0.3) is 5.56 Å². The number of hydrogen-bond donors (Lipinski definition) is 0. The van der Waals surface area contributed by atoms with Crippen molar-refractivity contribution in [1.82, 2.24) is 4.57 Å². The molecule has 2 heterocycles. The van der Waals surface area contributed by atoms with Crippen molar-refractivity contribution in [2.75, 3.05) is 0 Å². The fraction of sp³-hybridized carbons (Fsp3) is 0. The molecule has 3 aromatic rings. The molecule has 0 atom stereocenters. The molecular weight excluding hydrogens is 242 g/mol. The van der Waals surface area contributed by atoms with Crippen molar-refractivity contribution < 1.29 is 0 Å². The molecular formula is C15H11NOS. The minimum Gasteiger partial charge on any atom is -0.284 e. The molecule has 0 radical (unpaired) electrons. The molecule has 3 rings (SSSR count). The molecule has 0 amide bonds. The summed E-state index contributed by atoms with van der Waals surface area (Å²) in [6.07, 6.45) is 1.80. The Balaban J connectivity index is 2.20. The van der Waals surface area contributed by atoms with Crippen LogP contribution in [0.4, 0.5) is 0 Å². The maximum Gasteiger partial charge on any atom is 0.263 e. The zero-order valence-corrected chi connectivity index (χ0v) is 10.4. The highest BCUT2D eigenvalue weighted by atomic mass is 32.1. The minimum absolute atomic E-state index is 0.0196. The molecule has 2 nitrogen and oxygen atoms in total. The number of hydrogen-bond acceptors (Lipinski definition) is 2. The zero-order chi connectivity index (χ0) is 12.4. The van der Waals surface area contributed by atoms with Crippen LogP contribution in [0.25, 0.3) is 16.1 Å². The van der Waals surface area contributed by atoms with Gasteiger partial charge < -0.3 is 0 Å². The first-order valence-corrected chi connectivity index (χ1v) is 6.55. The van der Waals surface area contributed by atoms with Crippen molar-refractivity contribution in [1.29, 1.82) is 0 Å². The minimum atomic E-state index is 0.0196. The molecule has 0 saturated heterocycles. The first kappa shape index (κ1) is 11.0. The predicted molar refractivity (Wildman–Crippen MR) is 75.4 cm³/mol. The topological polar surface area (TPSA) is 22.0 Å². The lowest BCUT2D eigenvalue weighted by Gasteiger charge is -2.06. The third kappa shape index (κ3) is 1.89. The monoisotopic (exact) mass is 253 g/mol. The van der Waals surface area contributed by atoms with Crippen LogP contribution in [0.2, 0.25) is 0 Å². The molecule has 0 aliphatic carbocycles. The summed E-state index contributed by atoms with van der Waals surface area (Å²) in [5.74, 6) is 0. The van der Waals surface area contributed by atoms with E-state index in [1.165, 1.54) is 0 Å². The van der Waals surface area contributed by atoms with E-state index in [0.717, 1.165) is 16.1 Å². The van der Waals surface area contributed by atoms with E-state index in [9.17, 15) is 4.79 Å². The van der Waals surface area contributed by atoms with Gasteiger partial charge in [-0.25, -0.2) is 0 Å². The Morgan fingerprint density at radius 2 is 1.72 bits per heavy atom. The van der Waals surface area contributed by atoms with Crippen LogP contribution in [-0.2, 0) is 0 Å². The molecule has 0 unspecified atom stereocenters. The Kier molecular flexibility index (Phi) is 2.82. The Hall–Kier alpha value is -2.13. The van der Waals surface area contributed by atoms with E-state index in [2.05, 4.69) is 0 Å². The summed E-state index contributed by atoms with van der Waals surface area (Å²) in [5.41, 5.74) is 1.66. The van der Waals surface area contributed by atoms with E-state index in [0.29, 0.717) is 0 Å². The third-order valence-corrected chi connectivity index (χ3v) is 3.67. The van der Waals surface area contributed by atoms with Gasteiger partial charge in [-0.1, -0.05) is 24.3 Å². The third-order valence-electron chi connectivity index (χ3n) is 2.77. The van der Waals surface area contributed by atoms with Gasteiger partial charge in [0.05, 0.1) is 5.56 Å². The summed E-state index contributed by atoms with van der Waals surface area (Å²) < 4.78 is 1.68. The molecule has 88 valence electrons.